The predicted molar refractivity (Wildman–Crippen MR) is 80.5 cm³/mol. The van der Waals surface area contributed by atoms with Crippen molar-refractivity contribution in [1.29, 1.82) is 0 Å². The third kappa shape index (κ3) is 3.05. The van der Waals surface area contributed by atoms with E-state index < -0.39 is 15.9 Å². The Morgan fingerprint density at radius 3 is 2.59 bits per heavy atom. The molecule has 0 N–H and O–H groups in total. The van der Waals surface area contributed by atoms with Crippen LogP contribution in [0.25, 0.3) is 0 Å². The summed E-state index contributed by atoms with van der Waals surface area (Å²) < 4.78 is 31.4. The van der Waals surface area contributed by atoms with Gasteiger partial charge in [0.05, 0.1) is 19.3 Å². The minimum atomic E-state index is -3.95. The maximum atomic E-state index is 12.6. The monoisotopic (exact) mass is 348 g/mol. The van der Waals surface area contributed by atoms with Gasteiger partial charge in [0.2, 0.25) is 0 Å². The molecule has 0 aliphatic carbocycles. The lowest BCUT2D eigenvalue weighted by molar-refractivity contribution is -0.0285. The number of sulfonamides is 1. The summed E-state index contributed by atoms with van der Waals surface area (Å²) in [6.07, 6.45) is 0.603. The van der Waals surface area contributed by atoms with Crippen LogP contribution in [0.2, 0.25) is 5.02 Å². The first kappa shape index (κ1) is 17.0. The number of carbonyl (C=O) groups excluding carboxylic acids is 1. The summed E-state index contributed by atoms with van der Waals surface area (Å²) in [5, 5.41) is 0.128. The Morgan fingerprint density at radius 2 is 2.09 bits per heavy atom. The summed E-state index contributed by atoms with van der Waals surface area (Å²) >= 11 is 5.99. The van der Waals surface area contributed by atoms with Crippen LogP contribution in [-0.2, 0) is 14.9 Å². The van der Waals surface area contributed by atoms with Crippen LogP contribution in [0, 0.1) is 0 Å². The summed E-state index contributed by atoms with van der Waals surface area (Å²) in [6.45, 7) is 0.570. The van der Waals surface area contributed by atoms with Crippen LogP contribution in [0.5, 0.6) is 5.75 Å². The Kier molecular flexibility index (Phi) is 4.96. The maximum Gasteiger partial charge on any atom is 0.268 e. The summed E-state index contributed by atoms with van der Waals surface area (Å²) in [5.74, 6) is -0.447. The van der Waals surface area contributed by atoms with E-state index in [1.165, 1.54) is 24.1 Å². The fourth-order valence-electron chi connectivity index (χ4n) is 2.09. The van der Waals surface area contributed by atoms with Crippen molar-refractivity contribution < 1.29 is 22.8 Å². The lowest BCUT2D eigenvalue weighted by Crippen LogP contribution is -2.28. The lowest BCUT2D eigenvalue weighted by Gasteiger charge is -2.20. The van der Waals surface area contributed by atoms with Crippen molar-refractivity contribution in [1.82, 2.24) is 9.37 Å². The third-order valence-corrected chi connectivity index (χ3v) is 5.03. The van der Waals surface area contributed by atoms with E-state index in [9.17, 15) is 13.2 Å². The maximum absolute atomic E-state index is 12.6. The third-order valence-electron chi connectivity index (χ3n) is 3.13. The number of ether oxygens (including phenoxy) is 1. The van der Waals surface area contributed by atoms with Crippen LogP contribution in [-0.4, -0.2) is 58.1 Å². The minimum Gasteiger partial charge on any atom is -0.494 e. The molecule has 22 heavy (non-hydrogen) atoms. The van der Waals surface area contributed by atoms with Crippen molar-refractivity contribution in [3.63, 3.8) is 0 Å². The highest BCUT2D eigenvalue weighted by atomic mass is 35.5. The molecule has 0 spiro atoms. The molecule has 2 rings (SSSR count). The van der Waals surface area contributed by atoms with E-state index in [0.29, 0.717) is 13.0 Å². The molecule has 1 aliphatic rings. The van der Waals surface area contributed by atoms with E-state index in [4.69, 9.17) is 21.2 Å². The van der Waals surface area contributed by atoms with Crippen LogP contribution in [0.1, 0.15) is 16.8 Å². The average Bonchev–Trinajstić information content (AvgIpc) is 3.00. The van der Waals surface area contributed by atoms with Gasteiger partial charge in [-0.1, -0.05) is 16.1 Å². The molecule has 9 heteroatoms. The molecule has 7 nitrogen and oxygen atoms in total. The summed E-state index contributed by atoms with van der Waals surface area (Å²) in [6, 6.07) is 2.64. The number of nitrogens with zero attached hydrogens (tertiary/aromatic N) is 2. The van der Waals surface area contributed by atoms with Gasteiger partial charge in [-0.25, -0.2) is 8.42 Å². The van der Waals surface area contributed by atoms with Gasteiger partial charge in [0.1, 0.15) is 4.90 Å². The second-order valence-electron chi connectivity index (χ2n) is 4.90. The molecule has 1 saturated heterocycles. The Bertz CT molecular complexity index is 684. The lowest BCUT2D eigenvalue weighted by atomic mass is 10.2. The van der Waals surface area contributed by atoms with Gasteiger partial charge in [0.25, 0.3) is 15.9 Å². The highest BCUT2D eigenvalue weighted by molar-refractivity contribution is 7.89. The van der Waals surface area contributed by atoms with Crippen molar-refractivity contribution in [3.8, 4) is 5.75 Å². The number of hydrogen-bond acceptors (Lipinski definition) is 5. The van der Waals surface area contributed by atoms with Crippen molar-refractivity contribution in [2.75, 3.05) is 34.4 Å². The zero-order chi connectivity index (χ0) is 16.5. The Labute approximate surface area is 134 Å². The molecular weight excluding hydrogens is 332 g/mol. The van der Waals surface area contributed by atoms with Crippen molar-refractivity contribution >= 4 is 27.5 Å². The minimum absolute atomic E-state index is 0.0430. The molecule has 0 aromatic heterocycles. The molecule has 0 atom stereocenters. The molecule has 1 aromatic rings. The second-order valence-corrected chi connectivity index (χ2v) is 7.14. The van der Waals surface area contributed by atoms with Crippen molar-refractivity contribution in [2.45, 2.75) is 11.3 Å². The van der Waals surface area contributed by atoms with E-state index in [1.807, 2.05) is 0 Å². The number of halogens is 1. The molecule has 0 bridgehead atoms. The number of hydroxylamine groups is 1. The highest BCUT2D eigenvalue weighted by Crippen LogP contribution is 2.35. The Morgan fingerprint density at radius 1 is 1.41 bits per heavy atom. The molecule has 0 radical (unpaired) electrons. The largest absolute Gasteiger partial charge is 0.494 e. The van der Waals surface area contributed by atoms with Crippen LogP contribution >= 0.6 is 11.6 Å². The van der Waals surface area contributed by atoms with E-state index in [0.717, 1.165) is 4.47 Å². The van der Waals surface area contributed by atoms with Gasteiger partial charge in [0, 0.05) is 25.7 Å². The molecule has 1 heterocycles. The van der Waals surface area contributed by atoms with E-state index in [1.54, 1.807) is 14.1 Å². The van der Waals surface area contributed by atoms with Crippen LogP contribution < -0.4 is 4.74 Å². The number of methoxy groups -OCH3 is 1. The number of carbonyl (C=O) groups is 1. The Balaban J connectivity index is 2.63. The topological polar surface area (TPSA) is 76.2 Å². The SMILES string of the molecule is COc1c(C(=O)N(C)C)cc(Cl)cc1S(=O)(=O)N1CCCO1. The molecule has 122 valence electrons. The molecular formula is C13H17ClN2O5S. The van der Waals surface area contributed by atoms with Crippen molar-refractivity contribution in [2.24, 2.45) is 0 Å². The average molecular weight is 349 g/mol. The summed E-state index contributed by atoms with van der Waals surface area (Å²) in [5.41, 5.74) is 0.0813. The first-order chi connectivity index (χ1) is 10.3. The molecule has 0 unspecified atom stereocenters. The normalized spacial score (nSPS) is 15.8. The summed E-state index contributed by atoms with van der Waals surface area (Å²) in [4.78, 5) is 18.5. The zero-order valence-corrected chi connectivity index (χ0v) is 14.1. The van der Waals surface area contributed by atoms with Gasteiger partial charge < -0.3 is 9.64 Å². The predicted octanol–water partition coefficient (Wildman–Crippen LogP) is 1.38. The fraction of sp³-hybridized carbons (Fsp3) is 0.462. The van der Waals surface area contributed by atoms with Crippen LogP contribution in [0.4, 0.5) is 0 Å². The standard InChI is InChI=1S/C13H17ClN2O5S/c1-15(2)13(17)10-7-9(14)8-11(12(10)20-3)22(18,19)16-5-4-6-21-16/h7-8H,4-6H2,1-3H3. The number of rotatable bonds is 4. The molecule has 0 saturated carbocycles. The number of hydrogen-bond donors (Lipinski definition) is 0. The van der Waals surface area contributed by atoms with Gasteiger partial charge >= 0.3 is 0 Å². The zero-order valence-electron chi connectivity index (χ0n) is 12.5. The smallest absolute Gasteiger partial charge is 0.268 e. The first-order valence-corrected chi connectivity index (χ1v) is 8.35. The van der Waals surface area contributed by atoms with Gasteiger partial charge in [-0.2, -0.15) is 0 Å². The van der Waals surface area contributed by atoms with Crippen LogP contribution in [0.3, 0.4) is 0 Å². The second kappa shape index (κ2) is 6.41. The molecule has 1 aromatic carbocycles. The fourth-order valence-corrected chi connectivity index (χ4v) is 3.88. The van der Waals surface area contributed by atoms with Crippen LogP contribution in [0.15, 0.2) is 17.0 Å². The highest BCUT2D eigenvalue weighted by Gasteiger charge is 2.34. The van der Waals surface area contributed by atoms with Gasteiger partial charge in [-0.05, 0) is 18.6 Å². The van der Waals surface area contributed by atoms with E-state index >= 15 is 0 Å². The Hall–Kier alpha value is -1.35. The van der Waals surface area contributed by atoms with Gasteiger partial charge in [-0.15, -0.1) is 0 Å². The molecule has 1 fully saturated rings. The number of benzene rings is 1. The van der Waals surface area contributed by atoms with Crippen molar-refractivity contribution in [3.05, 3.63) is 22.7 Å². The summed E-state index contributed by atoms with van der Waals surface area (Å²) in [7, 11) is 0.462. The quantitative estimate of drug-likeness (QED) is 0.821. The van der Waals surface area contributed by atoms with E-state index in [2.05, 4.69) is 0 Å². The van der Waals surface area contributed by atoms with E-state index in [-0.39, 0.29) is 27.8 Å². The van der Waals surface area contributed by atoms with Gasteiger partial charge in [0.15, 0.2) is 5.75 Å². The number of amides is 1. The first-order valence-electron chi connectivity index (χ1n) is 6.54. The van der Waals surface area contributed by atoms with Gasteiger partial charge in [-0.3, -0.25) is 9.63 Å². The molecule has 1 amide bonds. The molecule has 1 aliphatic heterocycles.